The number of thiazole rings is 1. The van der Waals surface area contributed by atoms with Gasteiger partial charge in [-0.3, -0.25) is 9.88 Å². The van der Waals surface area contributed by atoms with Crippen LogP contribution in [0.2, 0.25) is 0 Å². The molecule has 4 aromatic rings. The second-order valence-electron chi connectivity index (χ2n) is 6.64. The molecule has 0 amide bonds. The topological polar surface area (TPSA) is 29.0 Å². The van der Waals surface area contributed by atoms with Crippen LogP contribution in [0.3, 0.4) is 0 Å². The number of fused-ring (bicyclic) bond motifs is 2. The lowest BCUT2D eigenvalue weighted by Crippen LogP contribution is -2.22. The fraction of sp³-hybridized carbons (Fsp3) is 0.238. The van der Waals surface area contributed by atoms with Crippen LogP contribution in [0.4, 0.5) is 0 Å². The highest BCUT2D eigenvalue weighted by molar-refractivity contribution is 7.18. The molecule has 0 saturated carbocycles. The van der Waals surface area contributed by atoms with E-state index in [1.54, 1.807) is 0 Å². The van der Waals surface area contributed by atoms with Gasteiger partial charge in [-0.25, -0.2) is 4.98 Å². The summed E-state index contributed by atoms with van der Waals surface area (Å²) in [6.07, 6.45) is 4.32. The lowest BCUT2D eigenvalue weighted by molar-refractivity contribution is 0.249. The Labute approximate surface area is 151 Å². The minimum Gasteiger partial charge on any atom is -0.290 e. The van der Waals surface area contributed by atoms with Gasteiger partial charge in [0.25, 0.3) is 0 Å². The van der Waals surface area contributed by atoms with E-state index < -0.39 is 0 Å². The van der Waals surface area contributed by atoms with E-state index in [2.05, 4.69) is 58.4 Å². The summed E-state index contributed by atoms with van der Waals surface area (Å²) >= 11 is 1.84. The molecule has 3 nitrogen and oxygen atoms in total. The molecule has 0 radical (unpaired) electrons. The van der Waals surface area contributed by atoms with Crippen LogP contribution in [0.15, 0.2) is 60.8 Å². The quantitative estimate of drug-likeness (QED) is 0.512. The van der Waals surface area contributed by atoms with E-state index in [0.717, 1.165) is 24.1 Å². The number of hydrogen-bond donors (Lipinski definition) is 0. The van der Waals surface area contributed by atoms with Gasteiger partial charge in [0.1, 0.15) is 5.01 Å². The van der Waals surface area contributed by atoms with E-state index in [1.807, 2.05) is 23.6 Å². The molecule has 1 saturated heterocycles. The van der Waals surface area contributed by atoms with Gasteiger partial charge in [-0.05, 0) is 43.1 Å². The molecule has 2 aromatic heterocycles. The van der Waals surface area contributed by atoms with Crippen molar-refractivity contribution < 1.29 is 0 Å². The van der Waals surface area contributed by atoms with Crippen LogP contribution in [0.5, 0.6) is 0 Å². The van der Waals surface area contributed by atoms with Crippen LogP contribution in [-0.4, -0.2) is 21.4 Å². The van der Waals surface area contributed by atoms with Crippen molar-refractivity contribution in [1.29, 1.82) is 0 Å². The molecule has 4 heteroatoms. The van der Waals surface area contributed by atoms with E-state index in [1.165, 1.54) is 33.5 Å². The summed E-state index contributed by atoms with van der Waals surface area (Å²) in [5, 5.41) is 2.47. The summed E-state index contributed by atoms with van der Waals surface area (Å²) in [6, 6.07) is 19.5. The van der Waals surface area contributed by atoms with Crippen molar-refractivity contribution in [2.24, 2.45) is 0 Å². The van der Waals surface area contributed by atoms with Gasteiger partial charge in [-0.2, -0.15) is 0 Å². The fourth-order valence-electron chi connectivity index (χ4n) is 3.84. The summed E-state index contributed by atoms with van der Waals surface area (Å²) in [5.41, 5.74) is 3.56. The molecule has 0 spiro atoms. The minimum absolute atomic E-state index is 0.427. The third-order valence-electron chi connectivity index (χ3n) is 5.05. The molecule has 3 heterocycles. The van der Waals surface area contributed by atoms with Gasteiger partial charge >= 0.3 is 0 Å². The van der Waals surface area contributed by atoms with E-state index in [9.17, 15) is 0 Å². The molecule has 1 atom stereocenters. The Kier molecular flexibility index (Phi) is 3.72. The van der Waals surface area contributed by atoms with Crippen molar-refractivity contribution in [1.82, 2.24) is 14.9 Å². The van der Waals surface area contributed by atoms with E-state index in [0.29, 0.717) is 6.04 Å². The van der Waals surface area contributed by atoms with Gasteiger partial charge in [-0.15, -0.1) is 11.3 Å². The third kappa shape index (κ3) is 2.71. The lowest BCUT2D eigenvalue weighted by Gasteiger charge is -2.23. The van der Waals surface area contributed by atoms with Crippen molar-refractivity contribution >= 4 is 32.5 Å². The highest BCUT2D eigenvalue weighted by atomic mass is 32.1. The number of nitrogens with zero attached hydrogens (tertiary/aromatic N) is 3. The molecule has 0 bridgehead atoms. The molecule has 124 valence electrons. The summed E-state index contributed by atoms with van der Waals surface area (Å²) in [4.78, 5) is 12.1. The predicted molar refractivity (Wildman–Crippen MR) is 104 cm³/mol. The second-order valence-corrected chi connectivity index (χ2v) is 7.70. The zero-order chi connectivity index (χ0) is 16.6. The Morgan fingerprint density at radius 1 is 1.04 bits per heavy atom. The van der Waals surface area contributed by atoms with Crippen LogP contribution in [0, 0.1) is 0 Å². The summed E-state index contributed by atoms with van der Waals surface area (Å²) in [5.74, 6) is 0. The summed E-state index contributed by atoms with van der Waals surface area (Å²) < 4.78 is 1.29. The highest BCUT2D eigenvalue weighted by Crippen LogP contribution is 2.37. The first kappa shape index (κ1) is 15.0. The third-order valence-corrected chi connectivity index (χ3v) is 6.19. The second kappa shape index (κ2) is 6.21. The number of hydrogen-bond acceptors (Lipinski definition) is 4. The van der Waals surface area contributed by atoms with E-state index in [-0.39, 0.29) is 0 Å². The maximum Gasteiger partial charge on any atom is 0.111 e. The Morgan fingerprint density at radius 3 is 2.92 bits per heavy atom. The van der Waals surface area contributed by atoms with Gasteiger partial charge in [0, 0.05) is 18.1 Å². The minimum atomic E-state index is 0.427. The van der Waals surface area contributed by atoms with Crippen LogP contribution in [-0.2, 0) is 6.54 Å². The highest BCUT2D eigenvalue weighted by Gasteiger charge is 2.29. The normalized spacial score (nSPS) is 18.3. The number of aromatic nitrogens is 2. The van der Waals surface area contributed by atoms with E-state index >= 15 is 0 Å². The molecule has 2 aromatic carbocycles. The molecule has 0 unspecified atom stereocenters. The standard InChI is InChI=1S/C21H19N3S/c1-2-11-19-17(9-1)23-21(25-19)18-10-5-13-24(18)14-16-7-3-6-15-8-4-12-22-20(15)16/h1-4,6-9,11-12,18H,5,10,13-14H2/t18-/m0/s1. The van der Waals surface area contributed by atoms with Crippen molar-refractivity contribution in [2.45, 2.75) is 25.4 Å². The van der Waals surface area contributed by atoms with Gasteiger partial charge < -0.3 is 0 Å². The molecule has 25 heavy (non-hydrogen) atoms. The first-order chi connectivity index (χ1) is 12.4. The summed E-state index contributed by atoms with van der Waals surface area (Å²) in [6.45, 7) is 2.07. The molecule has 1 aliphatic heterocycles. The lowest BCUT2D eigenvalue weighted by atomic mass is 10.1. The first-order valence-corrected chi connectivity index (χ1v) is 9.62. The van der Waals surface area contributed by atoms with Crippen molar-refractivity contribution in [3.8, 4) is 0 Å². The summed E-state index contributed by atoms with van der Waals surface area (Å²) in [7, 11) is 0. The molecule has 1 fully saturated rings. The zero-order valence-electron chi connectivity index (χ0n) is 13.9. The van der Waals surface area contributed by atoms with Crippen LogP contribution >= 0.6 is 11.3 Å². The largest absolute Gasteiger partial charge is 0.290 e. The number of benzene rings is 2. The number of para-hydroxylation sites is 2. The Hall–Kier alpha value is -2.30. The van der Waals surface area contributed by atoms with Gasteiger partial charge in [-0.1, -0.05) is 36.4 Å². The maximum absolute atomic E-state index is 4.91. The monoisotopic (exact) mass is 345 g/mol. The average molecular weight is 345 g/mol. The van der Waals surface area contributed by atoms with E-state index in [4.69, 9.17) is 4.98 Å². The number of rotatable bonds is 3. The smallest absolute Gasteiger partial charge is 0.111 e. The predicted octanol–water partition coefficient (Wildman–Crippen LogP) is 5.18. The van der Waals surface area contributed by atoms with Crippen LogP contribution in [0.1, 0.15) is 29.5 Å². The van der Waals surface area contributed by atoms with Gasteiger partial charge in [0.2, 0.25) is 0 Å². The van der Waals surface area contributed by atoms with Crippen molar-refractivity contribution in [2.75, 3.05) is 6.54 Å². The van der Waals surface area contributed by atoms with Gasteiger partial charge in [0.15, 0.2) is 0 Å². The van der Waals surface area contributed by atoms with Crippen molar-refractivity contribution in [3.63, 3.8) is 0 Å². The molecule has 0 N–H and O–H groups in total. The number of pyridine rings is 1. The van der Waals surface area contributed by atoms with Crippen molar-refractivity contribution in [3.05, 3.63) is 71.4 Å². The first-order valence-electron chi connectivity index (χ1n) is 8.81. The fourth-order valence-corrected chi connectivity index (χ4v) is 4.98. The molecule has 0 aliphatic carbocycles. The molecular formula is C21H19N3S. The Bertz CT molecular complexity index is 1000. The molecular weight excluding hydrogens is 326 g/mol. The zero-order valence-corrected chi connectivity index (χ0v) is 14.7. The van der Waals surface area contributed by atoms with Crippen LogP contribution < -0.4 is 0 Å². The van der Waals surface area contributed by atoms with Crippen LogP contribution in [0.25, 0.3) is 21.1 Å². The molecule has 1 aliphatic rings. The number of likely N-dealkylation sites (tertiary alicyclic amines) is 1. The Morgan fingerprint density at radius 2 is 1.96 bits per heavy atom. The van der Waals surface area contributed by atoms with Gasteiger partial charge in [0.05, 0.1) is 21.8 Å². The Balaban J connectivity index is 1.48. The average Bonchev–Trinajstić information content (AvgIpc) is 3.28. The maximum atomic E-state index is 4.91. The SMILES string of the molecule is c1cnc2c(CN3CCC[C@H]3c3nc4ccccc4s3)cccc2c1. The molecule has 5 rings (SSSR count).